The standard InChI is InChI=1S/C12H9N3O2S/c13-6-9-2-1-3-11(4-9)14-7-10-5-12(15(16)17)18-8-10/h1-5,8,14H,7H2. The van der Waals surface area contributed by atoms with Crippen LogP contribution in [-0.4, -0.2) is 4.92 Å². The zero-order chi connectivity index (χ0) is 13.0. The maximum atomic E-state index is 10.5. The van der Waals surface area contributed by atoms with Gasteiger partial charge in [0.05, 0.1) is 16.6 Å². The van der Waals surface area contributed by atoms with E-state index in [0.717, 1.165) is 22.6 Å². The van der Waals surface area contributed by atoms with E-state index in [-0.39, 0.29) is 5.00 Å². The first-order valence-electron chi connectivity index (χ1n) is 5.15. The Balaban J connectivity index is 2.02. The summed E-state index contributed by atoms with van der Waals surface area (Å²) in [4.78, 5) is 10.1. The van der Waals surface area contributed by atoms with Gasteiger partial charge in [0, 0.05) is 23.7 Å². The molecule has 0 aliphatic heterocycles. The molecule has 1 aromatic heterocycles. The van der Waals surface area contributed by atoms with Gasteiger partial charge in [0.1, 0.15) is 0 Å². The molecule has 0 saturated heterocycles. The van der Waals surface area contributed by atoms with Gasteiger partial charge in [0.15, 0.2) is 0 Å². The summed E-state index contributed by atoms with van der Waals surface area (Å²) in [5.41, 5.74) is 2.26. The highest BCUT2D eigenvalue weighted by molar-refractivity contribution is 7.13. The van der Waals surface area contributed by atoms with Crippen molar-refractivity contribution in [2.24, 2.45) is 0 Å². The molecule has 5 nitrogen and oxygen atoms in total. The van der Waals surface area contributed by atoms with Gasteiger partial charge >= 0.3 is 5.00 Å². The maximum Gasteiger partial charge on any atom is 0.324 e. The van der Waals surface area contributed by atoms with E-state index in [1.54, 1.807) is 29.6 Å². The molecule has 1 aromatic carbocycles. The largest absolute Gasteiger partial charge is 0.381 e. The van der Waals surface area contributed by atoms with Gasteiger partial charge in [-0.2, -0.15) is 5.26 Å². The van der Waals surface area contributed by atoms with Crippen LogP contribution in [0.4, 0.5) is 10.7 Å². The van der Waals surface area contributed by atoms with Crippen molar-refractivity contribution >= 4 is 22.0 Å². The van der Waals surface area contributed by atoms with Crippen LogP contribution in [0.3, 0.4) is 0 Å². The lowest BCUT2D eigenvalue weighted by Crippen LogP contribution is -1.98. The number of hydrogen-bond donors (Lipinski definition) is 1. The van der Waals surface area contributed by atoms with Gasteiger partial charge < -0.3 is 5.32 Å². The molecule has 2 aromatic rings. The third-order valence-corrected chi connectivity index (χ3v) is 3.24. The quantitative estimate of drug-likeness (QED) is 0.675. The molecule has 0 aliphatic carbocycles. The van der Waals surface area contributed by atoms with E-state index < -0.39 is 4.92 Å². The molecule has 0 amide bonds. The first-order chi connectivity index (χ1) is 8.69. The zero-order valence-corrected chi connectivity index (χ0v) is 10.1. The van der Waals surface area contributed by atoms with Crippen LogP contribution in [0.2, 0.25) is 0 Å². The topological polar surface area (TPSA) is 79.0 Å². The number of nitriles is 1. The van der Waals surface area contributed by atoms with Crippen LogP contribution in [0.1, 0.15) is 11.1 Å². The van der Waals surface area contributed by atoms with Crippen molar-refractivity contribution in [3.63, 3.8) is 0 Å². The minimum atomic E-state index is -0.398. The highest BCUT2D eigenvalue weighted by atomic mass is 32.1. The predicted octanol–water partition coefficient (Wildman–Crippen LogP) is 3.14. The van der Waals surface area contributed by atoms with E-state index in [1.807, 2.05) is 6.07 Å². The highest BCUT2D eigenvalue weighted by Gasteiger charge is 2.09. The molecule has 1 N–H and O–H groups in total. The Bertz CT molecular complexity index is 616. The fourth-order valence-electron chi connectivity index (χ4n) is 1.45. The molecule has 6 heteroatoms. The summed E-state index contributed by atoms with van der Waals surface area (Å²) in [6.45, 7) is 0.499. The van der Waals surface area contributed by atoms with Gasteiger partial charge in [0.25, 0.3) is 0 Å². The Morgan fingerprint density at radius 2 is 2.28 bits per heavy atom. The summed E-state index contributed by atoms with van der Waals surface area (Å²) in [7, 11) is 0. The minimum Gasteiger partial charge on any atom is -0.381 e. The molecular weight excluding hydrogens is 250 g/mol. The summed E-state index contributed by atoms with van der Waals surface area (Å²) >= 11 is 1.11. The first-order valence-corrected chi connectivity index (χ1v) is 6.03. The van der Waals surface area contributed by atoms with Gasteiger partial charge in [-0.3, -0.25) is 10.1 Å². The molecule has 0 saturated carbocycles. The second kappa shape index (κ2) is 5.29. The molecule has 2 rings (SSSR count). The fourth-order valence-corrected chi connectivity index (χ4v) is 2.18. The molecule has 18 heavy (non-hydrogen) atoms. The molecule has 0 spiro atoms. The molecule has 0 unspecified atom stereocenters. The Kier molecular flexibility index (Phi) is 3.55. The summed E-state index contributed by atoms with van der Waals surface area (Å²) < 4.78 is 0. The van der Waals surface area contributed by atoms with Crippen molar-refractivity contribution in [3.05, 3.63) is 57.0 Å². The lowest BCUT2D eigenvalue weighted by Gasteiger charge is -2.04. The van der Waals surface area contributed by atoms with Crippen molar-refractivity contribution in [2.75, 3.05) is 5.32 Å². The molecule has 0 aliphatic rings. The summed E-state index contributed by atoms with van der Waals surface area (Å²) in [5, 5.41) is 24.3. The van der Waals surface area contributed by atoms with Crippen molar-refractivity contribution in [2.45, 2.75) is 6.54 Å². The van der Waals surface area contributed by atoms with Gasteiger partial charge in [0.2, 0.25) is 0 Å². The van der Waals surface area contributed by atoms with E-state index in [4.69, 9.17) is 5.26 Å². The SMILES string of the molecule is N#Cc1cccc(NCc2csc([N+](=O)[O-])c2)c1. The predicted molar refractivity (Wildman–Crippen MR) is 69.5 cm³/mol. The number of nitrogens with zero attached hydrogens (tertiary/aromatic N) is 2. The Morgan fingerprint density at radius 1 is 1.44 bits per heavy atom. The van der Waals surface area contributed by atoms with Crippen LogP contribution in [0.15, 0.2) is 35.7 Å². The summed E-state index contributed by atoms with van der Waals surface area (Å²) in [6, 6.07) is 10.7. The summed E-state index contributed by atoms with van der Waals surface area (Å²) in [5.74, 6) is 0. The fraction of sp³-hybridized carbons (Fsp3) is 0.0833. The number of nitrogens with one attached hydrogen (secondary N) is 1. The van der Waals surface area contributed by atoms with Gasteiger partial charge in [-0.25, -0.2) is 0 Å². The normalized spacial score (nSPS) is 9.72. The maximum absolute atomic E-state index is 10.5. The highest BCUT2D eigenvalue weighted by Crippen LogP contribution is 2.23. The van der Waals surface area contributed by atoms with E-state index in [1.165, 1.54) is 0 Å². The van der Waals surface area contributed by atoms with Crippen LogP contribution >= 0.6 is 11.3 Å². The lowest BCUT2D eigenvalue weighted by molar-refractivity contribution is -0.380. The minimum absolute atomic E-state index is 0.137. The molecule has 90 valence electrons. The lowest BCUT2D eigenvalue weighted by atomic mass is 10.2. The molecule has 1 heterocycles. The average Bonchev–Trinajstić information content (AvgIpc) is 2.85. The van der Waals surface area contributed by atoms with E-state index >= 15 is 0 Å². The van der Waals surface area contributed by atoms with Gasteiger partial charge in [-0.15, -0.1) is 0 Å². The van der Waals surface area contributed by atoms with Crippen molar-refractivity contribution in [3.8, 4) is 6.07 Å². The molecule has 0 radical (unpaired) electrons. The number of anilines is 1. The number of benzene rings is 1. The second-order valence-electron chi connectivity index (χ2n) is 3.60. The van der Waals surface area contributed by atoms with Crippen LogP contribution < -0.4 is 5.32 Å². The van der Waals surface area contributed by atoms with Crippen LogP contribution in [0, 0.1) is 21.4 Å². The summed E-state index contributed by atoms with van der Waals surface area (Å²) in [6.07, 6.45) is 0. The smallest absolute Gasteiger partial charge is 0.324 e. The first kappa shape index (κ1) is 12.1. The Hall–Kier alpha value is -2.39. The number of rotatable bonds is 4. The van der Waals surface area contributed by atoms with E-state index in [9.17, 15) is 10.1 Å². The molecule has 0 bridgehead atoms. The van der Waals surface area contributed by atoms with E-state index in [2.05, 4.69) is 11.4 Å². The third-order valence-electron chi connectivity index (χ3n) is 2.31. The van der Waals surface area contributed by atoms with Crippen LogP contribution in [-0.2, 0) is 6.54 Å². The number of nitro groups is 1. The number of thiophene rings is 1. The van der Waals surface area contributed by atoms with Crippen molar-refractivity contribution < 1.29 is 4.92 Å². The average molecular weight is 259 g/mol. The molecule has 0 fully saturated rings. The van der Waals surface area contributed by atoms with Crippen molar-refractivity contribution in [1.82, 2.24) is 0 Å². The monoisotopic (exact) mass is 259 g/mol. The molecular formula is C12H9N3O2S. The third kappa shape index (κ3) is 2.84. The second-order valence-corrected chi connectivity index (χ2v) is 4.49. The zero-order valence-electron chi connectivity index (χ0n) is 9.29. The Morgan fingerprint density at radius 3 is 2.94 bits per heavy atom. The van der Waals surface area contributed by atoms with Crippen LogP contribution in [0.25, 0.3) is 0 Å². The number of hydrogen-bond acceptors (Lipinski definition) is 5. The van der Waals surface area contributed by atoms with Gasteiger partial charge in [-0.05, 0) is 23.8 Å². The van der Waals surface area contributed by atoms with E-state index in [0.29, 0.717) is 12.1 Å². The molecule has 0 atom stereocenters. The Labute approximate surface area is 107 Å². The van der Waals surface area contributed by atoms with Crippen molar-refractivity contribution in [1.29, 1.82) is 5.26 Å². The van der Waals surface area contributed by atoms with Gasteiger partial charge in [-0.1, -0.05) is 17.4 Å². The van der Waals surface area contributed by atoms with Crippen LogP contribution in [0.5, 0.6) is 0 Å².